The van der Waals surface area contributed by atoms with Gasteiger partial charge < -0.3 is 10.4 Å². The average Bonchev–Trinajstić information content (AvgIpc) is 2.48. The quantitative estimate of drug-likeness (QED) is 0.547. The molecule has 1 heterocycles. The summed E-state index contributed by atoms with van der Waals surface area (Å²) < 4.78 is 0. The van der Waals surface area contributed by atoms with Crippen LogP contribution in [-0.2, 0) is 0 Å². The molecule has 0 radical (unpaired) electrons. The highest BCUT2D eigenvalue weighted by molar-refractivity contribution is 7.19. The molecule has 0 spiro atoms. The van der Waals surface area contributed by atoms with Crippen LogP contribution in [0.2, 0.25) is 0 Å². The fourth-order valence-corrected chi connectivity index (χ4v) is 1.45. The summed E-state index contributed by atoms with van der Waals surface area (Å²) in [6.45, 7) is 0.434. The van der Waals surface area contributed by atoms with Crippen LogP contribution in [0, 0.1) is 10.1 Å². The first-order valence-corrected chi connectivity index (χ1v) is 4.14. The normalized spacial score (nSPS) is 9.75. The number of aliphatic hydroxyl groups excluding tert-OH is 1. The number of thiophene rings is 1. The lowest BCUT2D eigenvalue weighted by Crippen LogP contribution is -2.03. The van der Waals surface area contributed by atoms with E-state index in [0.29, 0.717) is 11.5 Å². The van der Waals surface area contributed by atoms with Gasteiger partial charge in [0.2, 0.25) is 0 Å². The van der Waals surface area contributed by atoms with Gasteiger partial charge in [-0.05, 0) is 17.4 Å². The van der Waals surface area contributed by atoms with E-state index in [-0.39, 0.29) is 11.6 Å². The summed E-state index contributed by atoms with van der Waals surface area (Å²) in [7, 11) is 0. The van der Waals surface area contributed by atoms with Crippen LogP contribution in [0.1, 0.15) is 0 Å². The maximum Gasteiger partial charge on any atom is 0.326 e. The van der Waals surface area contributed by atoms with Gasteiger partial charge in [0.15, 0.2) is 0 Å². The molecule has 5 nitrogen and oxygen atoms in total. The van der Waals surface area contributed by atoms with Crippen molar-refractivity contribution in [2.24, 2.45) is 0 Å². The summed E-state index contributed by atoms with van der Waals surface area (Å²) in [5.41, 5.74) is 0. The minimum Gasteiger partial charge on any atom is -0.395 e. The van der Waals surface area contributed by atoms with Crippen molar-refractivity contribution in [2.45, 2.75) is 0 Å². The average molecular weight is 188 g/mol. The maximum atomic E-state index is 10.2. The van der Waals surface area contributed by atoms with Crippen LogP contribution in [0.4, 0.5) is 10.0 Å². The standard InChI is InChI=1S/C6H8N2O3S/c9-4-3-7-5-1-2-6(12-5)8(10)11/h1-2,7,9H,3-4H2. The van der Waals surface area contributed by atoms with Gasteiger partial charge in [-0.25, -0.2) is 0 Å². The molecule has 0 aliphatic heterocycles. The van der Waals surface area contributed by atoms with E-state index in [1.165, 1.54) is 6.07 Å². The van der Waals surface area contributed by atoms with Crippen molar-refractivity contribution in [3.63, 3.8) is 0 Å². The number of anilines is 1. The number of nitro groups is 1. The van der Waals surface area contributed by atoms with Crippen LogP contribution < -0.4 is 5.32 Å². The van der Waals surface area contributed by atoms with E-state index >= 15 is 0 Å². The van der Waals surface area contributed by atoms with Crippen LogP contribution >= 0.6 is 11.3 Å². The van der Waals surface area contributed by atoms with E-state index in [0.717, 1.165) is 11.3 Å². The van der Waals surface area contributed by atoms with Crippen molar-refractivity contribution in [3.05, 3.63) is 22.2 Å². The fraction of sp³-hybridized carbons (Fsp3) is 0.333. The molecule has 1 rings (SSSR count). The molecule has 6 heteroatoms. The molecule has 1 aromatic rings. The summed E-state index contributed by atoms with van der Waals surface area (Å²) >= 11 is 1.06. The topological polar surface area (TPSA) is 75.4 Å². The molecule has 0 atom stereocenters. The third kappa shape index (κ3) is 2.18. The Morgan fingerprint density at radius 1 is 1.67 bits per heavy atom. The van der Waals surface area contributed by atoms with E-state index in [1.807, 2.05) is 0 Å². The molecule has 0 saturated carbocycles. The maximum absolute atomic E-state index is 10.2. The van der Waals surface area contributed by atoms with Gasteiger partial charge in [0.1, 0.15) is 0 Å². The summed E-state index contributed by atoms with van der Waals surface area (Å²) in [5, 5.41) is 22.3. The van der Waals surface area contributed by atoms with Crippen molar-refractivity contribution in [1.29, 1.82) is 0 Å². The molecule has 0 aliphatic carbocycles. The van der Waals surface area contributed by atoms with Gasteiger partial charge in [0.05, 0.1) is 16.5 Å². The zero-order chi connectivity index (χ0) is 8.97. The van der Waals surface area contributed by atoms with E-state index in [1.54, 1.807) is 6.07 Å². The molecule has 0 fully saturated rings. The molecule has 12 heavy (non-hydrogen) atoms. The predicted octanol–water partition coefficient (Wildman–Crippen LogP) is 1.06. The molecular weight excluding hydrogens is 180 g/mol. The zero-order valence-corrected chi connectivity index (χ0v) is 7.00. The van der Waals surface area contributed by atoms with Crippen molar-refractivity contribution >= 4 is 21.3 Å². The first-order chi connectivity index (χ1) is 5.74. The fourth-order valence-electron chi connectivity index (χ4n) is 0.700. The first-order valence-electron chi connectivity index (χ1n) is 3.33. The Balaban J connectivity index is 2.58. The van der Waals surface area contributed by atoms with Gasteiger partial charge >= 0.3 is 5.00 Å². The Bertz CT molecular complexity index is 274. The number of hydrogen-bond donors (Lipinski definition) is 2. The third-order valence-corrected chi connectivity index (χ3v) is 2.18. The predicted molar refractivity (Wildman–Crippen MR) is 46.5 cm³/mol. The number of hydrogen-bond acceptors (Lipinski definition) is 5. The van der Waals surface area contributed by atoms with Crippen molar-refractivity contribution < 1.29 is 10.0 Å². The molecule has 0 aliphatic rings. The summed E-state index contributed by atoms with van der Waals surface area (Å²) in [6.07, 6.45) is 0. The third-order valence-electron chi connectivity index (χ3n) is 1.18. The largest absolute Gasteiger partial charge is 0.395 e. The minimum atomic E-state index is -0.436. The molecule has 66 valence electrons. The van der Waals surface area contributed by atoms with Crippen LogP contribution in [0.25, 0.3) is 0 Å². The molecule has 0 saturated heterocycles. The summed E-state index contributed by atoms with van der Waals surface area (Å²) in [5.74, 6) is 0. The molecule has 2 N–H and O–H groups in total. The van der Waals surface area contributed by atoms with Crippen LogP contribution in [0.5, 0.6) is 0 Å². The smallest absolute Gasteiger partial charge is 0.326 e. The Morgan fingerprint density at radius 2 is 2.42 bits per heavy atom. The lowest BCUT2D eigenvalue weighted by Gasteiger charge is -1.96. The zero-order valence-electron chi connectivity index (χ0n) is 6.19. The highest BCUT2D eigenvalue weighted by atomic mass is 32.1. The second-order valence-electron chi connectivity index (χ2n) is 2.05. The van der Waals surface area contributed by atoms with E-state index < -0.39 is 4.92 Å². The molecular formula is C6H8N2O3S. The Morgan fingerprint density at radius 3 is 2.92 bits per heavy atom. The van der Waals surface area contributed by atoms with Crippen molar-refractivity contribution in [2.75, 3.05) is 18.5 Å². The van der Waals surface area contributed by atoms with Crippen molar-refractivity contribution in [3.8, 4) is 0 Å². The van der Waals surface area contributed by atoms with Gasteiger partial charge in [0, 0.05) is 12.6 Å². The number of nitrogens with one attached hydrogen (secondary N) is 1. The van der Waals surface area contributed by atoms with E-state index in [4.69, 9.17) is 5.11 Å². The van der Waals surface area contributed by atoms with Gasteiger partial charge in [-0.2, -0.15) is 0 Å². The number of aliphatic hydroxyl groups is 1. The highest BCUT2D eigenvalue weighted by Crippen LogP contribution is 2.27. The van der Waals surface area contributed by atoms with E-state index in [2.05, 4.69) is 5.32 Å². The molecule has 0 unspecified atom stereocenters. The van der Waals surface area contributed by atoms with Gasteiger partial charge in [-0.15, -0.1) is 0 Å². The Labute approximate surface area is 72.8 Å². The summed E-state index contributed by atoms with van der Waals surface area (Å²) in [6, 6.07) is 3.06. The SMILES string of the molecule is O=[N+]([O-])c1ccc(NCCO)s1. The molecule has 0 aromatic carbocycles. The number of rotatable bonds is 4. The lowest BCUT2D eigenvalue weighted by atomic mass is 10.6. The summed E-state index contributed by atoms with van der Waals surface area (Å²) in [4.78, 5) is 9.79. The minimum absolute atomic E-state index is 0.0195. The molecule has 1 aromatic heterocycles. The molecule has 0 amide bonds. The second kappa shape index (κ2) is 4.03. The Hall–Kier alpha value is -1.14. The van der Waals surface area contributed by atoms with Crippen LogP contribution in [0.15, 0.2) is 12.1 Å². The van der Waals surface area contributed by atoms with Crippen LogP contribution in [-0.4, -0.2) is 23.2 Å². The van der Waals surface area contributed by atoms with Crippen molar-refractivity contribution in [1.82, 2.24) is 0 Å². The van der Waals surface area contributed by atoms with Gasteiger partial charge in [-0.3, -0.25) is 10.1 Å². The first kappa shape index (κ1) is 8.95. The Kier molecular flexibility index (Phi) is 3.01. The van der Waals surface area contributed by atoms with Gasteiger partial charge in [0.25, 0.3) is 0 Å². The number of nitrogens with zero attached hydrogens (tertiary/aromatic N) is 1. The van der Waals surface area contributed by atoms with Crippen LogP contribution in [0.3, 0.4) is 0 Å². The second-order valence-corrected chi connectivity index (χ2v) is 3.11. The highest BCUT2D eigenvalue weighted by Gasteiger charge is 2.08. The molecule has 0 bridgehead atoms. The monoisotopic (exact) mass is 188 g/mol. The van der Waals surface area contributed by atoms with Gasteiger partial charge in [-0.1, -0.05) is 0 Å². The van der Waals surface area contributed by atoms with E-state index in [9.17, 15) is 10.1 Å². The lowest BCUT2D eigenvalue weighted by molar-refractivity contribution is -0.380.